The fourth-order valence-electron chi connectivity index (χ4n) is 3.26. The number of esters is 1. The number of allylic oxidation sites excluding steroid dienone is 1. The molecule has 0 unspecified atom stereocenters. The van der Waals surface area contributed by atoms with Gasteiger partial charge in [0.05, 0.1) is 13.0 Å². The van der Waals surface area contributed by atoms with E-state index in [4.69, 9.17) is 9.47 Å². The number of hydrogen-bond acceptors (Lipinski definition) is 5. The lowest BCUT2D eigenvalue weighted by molar-refractivity contribution is -0.147. The van der Waals surface area contributed by atoms with Gasteiger partial charge in [-0.3, -0.25) is 9.59 Å². The van der Waals surface area contributed by atoms with E-state index < -0.39 is 0 Å². The molecule has 2 fully saturated rings. The standard InChI is InChI=1S/C19H22O4S/c1-19(2)15(10-13-7-8-24-18(13)21)16(19)17(20)23-11-12-5-4-6-14(9-12)22-3/h4-6,9-10,15-16H,7-8,11H2,1-3H3/b13-10+/t15-,16-/m0/s1. The molecule has 3 rings (SSSR count). The SMILES string of the molecule is COc1cccc(COC(=O)[C@@H]2[C@H](/C=C3\CCSC3=O)C2(C)C)c1. The average molecular weight is 346 g/mol. The van der Waals surface area contributed by atoms with Crippen LogP contribution in [0.5, 0.6) is 5.75 Å². The Morgan fingerprint density at radius 2 is 2.21 bits per heavy atom. The molecular weight excluding hydrogens is 324 g/mol. The first-order valence-corrected chi connectivity index (χ1v) is 9.09. The summed E-state index contributed by atoms with van der Waals surface area (Å²) < 4.78 is 10.7. The van der Waals surface area contributed by atoms with Gasteiger partial charge in [0.25, 0.3) is 0 Å². The first-order chi connectivity index (χ1) is 11.4. The normalized spacial score (nSPS) is 26.5. The zero-order valence-electron chi connectivity index (χ0n) is 14.2. The third kappa shape index (κ3) is 3.36. The summed E-state index contributed by atoms with van der Waals surface area (Å²) in [6.45, 7) is 4.35. The molecule has 0 aromatic heterocycles. The maximum atomic E-state index is 12.4. The van der Waals surface area contributed by atoms with Crippen LogP contribution in [-0.4, -0.2) is 23.9 Å². The topological polar surface area (TPSA) is 52.6 Å². The van der Waals surface area contributed by atoms with Crippen molar-refractivity contribution < 1.29 is 19.1 Å². The number of hydrogen-bond donors (Lipinski definition) is 0. The van der Waals surface area contributed by atoms with Crippen LogP contribution in [0.4, 0.5) is 0 Å². The van der Waals surface area contributed by atoms with Gasteiger partial charge in [0.15, 0.2) is 0 Å². The smallest absolute Gasteiger partial charge is 0.310 e. The molecule has 0 bridgehead atoms. The van der Waals surface area contributed by atoms with Gasteiger partial charge in [-0.15, -0.1) is 0 Å². The van der Waals surface area contributed by atoms with Crippen LogP contribution < -0.4 is 4.74 Å². The lowest BCUT2D eigenvalue weighted by Gasteiger charge is -2.07. The molecule has 4 nitrogen and oxygen atoms in total. The van der Waals surface area contributed by atoms with Crippen molar-refractivity contribution in [2.45, 2.75) is 26.9 Å². The third-order valence-electron chi connectivity index (χ3n) is 4.93. The van der Waals surface area contributed by atoms with E-state index in [0.29, 0.717) is 0 Å². The number of benzene rings is 1. The fourth-order valence-corrected chi connectivity index (χ4v) is 4.12. The first kappa shape index (κ1) is 17.1. The summed E-state index contributed by atoms with van der Waals surface area (Å²) in [7, 11) is 1.61. The highest BCUT2D eigenvalue weighted by Gasteiger charge is 2.61. The molecule has 1 saturated carbocycles. The molecule has 0 N–H and O–H groups in total. The van der Waals surface area contributed by atoms with Crippen molar-refractivity contribution >= 4 is 22.8 Å². The molecule has 2 atom stereocenters. The monoisotopic (exact) mass is 346 g/mol. The molecule has 1 aromatic rings. The summed E-state index contributed by atoms with van der Waals surface area (Å²) in [6.07, 6.45) is 2.81. The van der Waals surface area contributed by atoms with Crippen LogP contribution in [0.1, 0.15) is 25.8 Å². The Hall–Kier alpha value is -1.75. The number of thioether (sulfide) groups is 1. The lowest BCUT2D eigenvalue weighted by atomic mass is 10.1. The third-order valence-corrected chi connectivity index (χ3v) is 5.86. The maximum absolute atomic E-state index is 12.4. The highest BCUT2D eigenvalue weighted by atomic mass is 32.2. The van der Waals surface area contributed by atoms with Crippen LogP contribution in [0.2, 0.25) is 0 Å². The molecule has 2 aliphatic rings. The van der Waals surface area contributed by atoms with Crippen molar-refractivity contribution in [3.8, 4) is 5.75 Å². The van der Waals surface area contributed by atoms with Gasteiger partial charge < -0.3 is 9.47 Å². The molecular formula is C19H22O4S. The maximum Gasteiger partial charge on any atom is 0.310 e. The summed E-state index contributed by atoms with van der Waals surface area (Å²) in [5.74, 6) is 1.32. The Bertz CT molecular complexity index is 692. The minimum Gasteiger partial charge on any atom is -0.497 e. The molecule has 1 aliphatic heterocycles. The predicted octanol–water partition coefficient (Wildman–Crippen LogP) is 3.60. The molecule has 128 valence electrons. The predicted molar refractivity (Wildman–Crippen MR) is 93.7 cm³/mol. The minimum atomic E-state index is -0.192. The zero-order valence-corrected chi connectivity index (χ0v) is 15.0. The Labute approximate surface area is 146 Å². The molecule has 1 aromatic carbocycles. The minimum absolute atomic E-state index is 0.0907. The second-order valence-electron chi connectivity index (χ2n) is 6.86. The van der Waals surface area contributed by atoms with Crippen molar-refractivity contribution in [3.63, 3.8) is 0 Å². The van der Waals surface area contributed by atoms with Crippen LogP contribution >= 0.6 is 11.8 Å². The van der Waals surface area contributed by atoms with Gasteiger partial charge in [-0.1, -0.05) is 43.8 Å². The summed E-state index contributed by atoms with van der Waals surface area (Å²) in [4.78, 5) is 24.2. The van der Waals surface area contributed by atoms with E-state index >= 15 is 0 Å². The van der Waals surface area contributed by atoms with E-state index in [9.17, 15) is 9.59 Å². The molecule has 1 saturated heterocycles. The Morgan fingerprint density at radius 3 is 2.88 bits per heavy atom. The molecule has 1 aliphatic carbocycles. The largest absolute Gasteiger partial charge is 0.497 e. The highest BCUT2D eigenvalue weighted by molar-refractivity contribution is 8.14. The Morgan fingerprint density at radius 1 is 1.42 bits per heavy atom. The molecule has 1 heterocycles. The summed E-state index contributed by atoms with van der Waals surface area (Å²) in [5.41, 5.74) is 1.62. The average Bonchev–Trinajstić information content (AvgIpc) is 2.87. The van der Waals surface area contributed by atoms with Crippen molar-refractivity contribution in [2.24, 2.45) is 17.3 Å². The van der Waals surface area contributed by atoms with Gasteiger partial charge in [-0.25, -0.2) is 0 Å². The fraction of sp³-hybridized carbons (Fsp3) is 0.474. The van der Waals surface area contributed by atoms with E-state index in [2.05, 4.69) is 13.8 Å². The number of ether oxygens (including phenoxy) is 2. The first-order valence-electron chi connectivity index (χ1n) is 8.11. The van der Waals surface area contributed by atoms with Crippen LogP contribution in [0.15, 0.2) is 35.9 Å². The number of carbonyl (C=O) groups excluding carboxylic acids is 2. The van der Waals surface area contributed by atoms with Gasteiger partial charge in [-0.05, 0) is 35.4 Å². The number of rotatable bonds is 5. The summed E-state index contributed by atoms with van der Waals surface area (Å²) in [6, 6.07) is 7.49. The van der Waals surface area contributed by atoms with Gasteiger partial charge in [0.1, 0.15) is 12.4 Å². The van der Waals surface area contributed by atoms with E-state index in [0.717, 1.165) is 29.1 Å². The second-order valence-corrected chi connectivity index (χ2v) is 7.93. The van der Waals surface area contributed by atoms with E-state index in [1.165, 1.54) is 11.8 Å². The molecule has 24 heavy (non-hydrogen) atoms. The Balaban J connectivity index is 1.61. The number of methoxy groups -OCH3 is 1. The van der Waals surface area contributed by atoms with Crippen molar-refractivity contribution in [2.75, 3.05) is 12.9 Å². The Kier molecular flexibility index (Phi) is 4.72. The summed E-state index contributed by atoms with van der Waals surface area (Å²) >= 11 is 1.36. The lowest BCUT2D eigenvalue weighted by Crippen LogP contribution is -2.10. The van der Waals surface area contributed by atoms with Crippen LogP contribution in [0, 0.1) is 17.3 Å². The van der Waals surface area contributed by atoms with Crippen molar-refractivity contribution in [1.29, 1.82) is 0 Å². The van der Waals surface area contributed by atoms with Gasteiger partial charge in [0, 0.05) is 11.3 Å². The van der Waals surface area contributed by atoms with Gasteiger partial charge >= 0.3 is 5.97 Å². The quantitative estimate of drug-likeness (QED) is 0.602. The van der Waals surface area contributed by atoms with E-state index in [1.807, 2.05) is 30.3 Å². The molecule has 0 spiro atoms. The second kappa shape index (κ2) is 6.63. The highest BCUT2D eigenvalue weighted by Crippen LogP contribution is 2.60. The molecule has 0 radical (unpaired) electrons. The van der Waals surface area contributed by atoms with Crippen molar-refractivity contribution in [3.05, 3.63) is 41.5 Å². The molecule has 5 heteroatoms. The molecule has 0 amide bonds. The van der Waals surface area contributed by atoms with Crippen LogP contribution in [0.25, 0.3) is 0 Å². The zero-order chi connectivity index (χ0) is 17.3. The van der Waals surface area contributed by atoms with Gasteiger partial charge in [0.2, 0.25) is 5.12 Å². The van der Waals surface area contributed by atoms with Crippen LogP contribution in [-0.2, 0) is 20.9 Å². The van der Waals surface area contributed by atoms with E-state index in [1.54, 1.807) is 7.11 Å². The summed E-state index contributed by atoms with van der Waals surface area (Å²) in [5, 5.41) is 0.154. The van der Waals surface area contributed by atoms with Gasteiger partial charge in [-0.2, -0.15) is 0 Å². The van der Waals surface area contributed by atoms with E-state index in [-0.39, 0.29) is 34.9 Å². The van der Waals surface area contributed by atoms with Crippen LogP contribution in [0.3, 0.4) is 0 Å². The van der Waals surface area contributed by atoms with Crippen molar-refractivity contribution in [1.82, 2.24) is 0 Å². The number of carbonyl (C=O) groups is 2.